The highest BCUT2D eigenvalue weighted by Crippen LogP contribution is 2.50. The van der Waals surface area contributed by atoms with Gasteiger partial charge in [0.2, 0.25) is 5.88 Å². The molecule has 0 aromatic carbocycles. The highest BCUT2D eigenvalue weighted by molar-refractivity contribution is 6.31. The number of aromatic nitrogens is 2. The monoisotopic (exact) mass is 414 g/mol. The zero-order valence-corrected chi connectivity index (χ0v) is 18.1. The van der Waals surface area contributed by atoms with E-state index in [9.17, 15) is 0 Å². The molecule has 1 saturated heterocycles. The number of pyridine rings is 2. The normalized spacial score (nSPS) is 23.4. The van der Waals surface area contributed by atoms with Gasteiger partial charge in [0.05, 0.1) is 12.7 Å². The molecular formula is C24H31ClN2O2. The van der Waals surface area contributed by atoms with Crippen molar-refractivity contribution < 1.29 is 9.47 Å². The fraction of sp³-hybridized carbons (Fsp3) is 0.583. The number of hydrogen-bond donors (Lipinski definition) is 0. The molecule has 1 saturated carbocycles. The summed E-state index contributed by atoms with van der Waals surface area (Å²) in [6.45, 7) is 0.856. The number of rotatable bonds is 7. The Hall–Kier alpha value is -1.65. The lowest BCUT2D eigenvalue weighted by Gasteiger charge is -2.46. The molecular weight excluding hydrogens is 384 g/mol. The molecule has 4 nitrogen and oxygen atoms in total. The van der Waals surface area contributed by atoms with Crippen molar-refractivity contribution in [3.05, 3.63) is 52.9 Å². The van der Waals surface area contributed by atoms with Crippen molar-refractivity contribution >= 4 is 11.6 Å². The predicted octanol–water partition coefficient (Wildman–Crippen LogP) is 5.91. The van der Waals surface area contributed by atoms with Crippen LogP contribution < -0.4 is 4.74 Å². The van der Waals surface area contributed by atoms with Crippen molar-refractivity contribution in [1.82, 2.24) is 9.97 Å². The SMILES string of the molecule is COc1ncc(CCCCC2(c3ccccn3)CCOC3(CCCC3)C2)cc1Cl. The largest absolute Gasteiger partial charge is 0.480 e. The third-order valence-electron chi connectivity index (χ3n) is 6.80. The summed E-state index contributed by atoms with van der Waals surface area (Å²) in [5.41, 5.74) is 2.65. The minimum Gasteiger partial charge on any atom is -0.480 e. The molecule has 0 radical (unpaired) electrons. The van der Waals surface area contributed by atoms with E-state index in [2.05, 4.69) is 17.1 Å². The molecule has 1 aliphatic carbocycles. The molecule has 1 unspecified atom stereocenters. The van der Waals surface area contributed by atoms with Crippen molar-refractivity contribution in [3.63, 3.8) is 0 Å². The van der Waals surface area contributed by atoms with Crippen LogP contribution in [0.1, 0.15) is 69.0 Å². The molecule has 1 atom stereocenters. The van der Waals surface area contributed by atoms with Crippen molar-refractivity contribution in [2.75, 3.05) is 13.7 Å². The number of hydrogen-bond acceptors (Lipinski definition) is 4. The fourth-order valence-corrected chi connectivity index (χ4v) is 5.61. The maximum atomic E-state index is 6.35. The van der Waals surface area contributed by atoms with Gasteiger partial charge in [0.1, 0.15) is 5.02 Å². The molecule has 29 heavy (non-hydrogen) atoms. The zero-order chi connectivity index (χ0) is 20.2. The van der Waals surface area contributed by atoms with Crippen LogP contribution in [0.4, 0.5) is 0 Å². The van der Waals surface area contributed by atoms with E-state index in [0.717, 1.165) is 45.1 Å². The molecule has 5 heteroatoms. The lowest BCUT2D eigenvalue weighted by atomic mass is 9.67. The van der Waals surface area contributed by atoms with Crippen LogP contribution in [-0.4, -0.2) is 29.3 Å². The van der Waals surface area contributed by atoms with Gasteiger partial charge in [-0.1, -0.05) is 36.9 Å². The molecule has 0 N–H and O–H groups in total. The van der Waals surface area contributed by atoms with Gasteiger partial charge >= 0.3 is 0 Å². The van der Waals surface area contributed by atoms with E-state index in [0.29, 0.717) is 10.9 Å². The Bertz CT molecular complexity index is 808. The number of halogens is 1. The first-order valence-electron chi connectivity index (χ1n) is 10.9. The average Bonchev–Trinajstić information content (AvgIpc) is 3.19. The van der Waals surface area contributed by atoms with Gasteiger partial charge in [-0.25, -0.2) is 4.98 Å². The summed E-state index contributed by atoms with van der Waals surface area (Å²) < 4.78 is 11.5. The second kappa shape index (κ2) is 9.01. The molecule has 1 spiro atoms. The third-order valence-corrected chi connectivity index (χ3v) is 7.07. The minimum absolute atomic E-state index is 0.0865. The van der Waals surface area contributed by atoms with Gasteiger partial charge in [0.15, 0.2) is 0 Å². The summed E-state index contributed by atoms with van der Waals surface area (Å²) in [4.78, 5) is 9.09. The number of aryl methyl sites for hydroxylation is 1. The zero-order valence-electron chi connectivity index (χ0n) is 17.3. The molecule has 2 aliphatic rings. The average molecular weight is 415 g/mol. The summed E-state index contributed by atoms with van der Waals surface area (Å²) in [5, 5.41) is 0.586. The molecule has 156 valence electrons. The van der Waals surface area contributed by atoms with Gasteiger partial charge in [-0.05, 0) is 68.7 Å². The second-order valence-corrected chi connectivity index (χ2v) is 9.11. The quantitative estimate of drug-likeness (QED) is 0.528. The van der Waals surface area contributed by atoms with Crippen LogP contribution in [0.5, 0.6) is 5.88 Å². The highest BCUT2D eigenvalue weighted by Gasteiger charge is 2.48. The van der Waals surface area contributed by atoms with Crippen LogP contribution in [0.15, 0.2) is 36.7 Å². The van der Waals surface area contributed by atoms with E-state index in [1.54, 1.807) is 7.11 Å². The summed E-state index contributed by atoms with van der Waals surface area (Å²) >= 11 is 6.23. The first-order chi connectivity index (χ1) is 14.1. The molecule has 2 aromatic rings. The van der Waals surface area contributed by atoms with Crippen LogP contribution in [0.3, 0.4) is 0 Å². The lowest BCUT2D eigenvalue weighted by molar-refractivity contribution is -0.104. The van der Waals surface area contributed by atoms with Gasteiger partial charge in [-0.3, -0.25) is 4.98 Å². The number of unbranched alkanes of at least 4 members (excludes halogenated alkanes) is 1. The maximum absolute atomic E-state index is 6.35. The molecule has 0 bridgehead atoms. The summed E-state index contributed by atoms with van der Waals surface area (Å²) in [5.74, 6) is 0.494. The van der Waals surface area contributed by atoms with Gasteiger partial charge in [0.25, 0.3) is 0 Å². The van der Waals surface area contributed by atoms with Crippen LogP contribution in [0.2, 0.25) is 5.02 Å². The van der Waals surface area contributed by atoms with E-state index in [-0.39, 0.29) is 11.0 Å². The van der Waals surface area contributed by atoms with Gasteiger partial charge in [-0.15, -0.1) is 0 Å². The van der Waals surface area contributed by atoms with E-state index < -0.39 is 0 Å². The van der Waals surface area contributed by atoms with Crippen molar-refractivity contribution in [1.29, 1.82) is 0 Å². The second-order valence-electron chi connectivity index (χ2n) is 8.70. The standard InChI is InChI=1S/C24H31ClN2O2/c1-28-22-20(25)16-19(17-27-22)8-2-4-10-23(21-9-3-7-14-26-21)13-15-29-24(18-23)11-5-6-12-24/h3,7,9,14,16-17H,2,4-6,8,10-13,15,18H2,1H3. The fourth-order valence-electron chi connectivity index (χ4n) is 5.34. The molecule has 4 rings (SSSR count). The topological polar surface area (TPSA) is 44.2 Å². The minimum atomic E-state index is 0.0865. The van der Waals surface area contributed by atoms with Crippen LogP contribution in [0.25, 0.3) is 0 Å². The van der Waals surface area contributed by atoms with E-state index in [1.165, 1.54) is 36.9 Å². The summed E-state index contributed by atoms with van der Waals surface area (Å²) in [6.07, 6.45) is 15.4. The smallest absolute Gasteiger partial charge is 0.232 e. The Morgan fingerprint density at radius 1 is 1.14 bits per heavy atom. The predicted molar refractivity (Wildman–Crippen MR) is 116 cm³/mol. The third kappa shape index (κ3) is 4.59. The highest BCUT2D eigenvalue weighted by atomic mass is 35.5. The maximum Gasteiger partial charge on any atom is 0.232 e. The number of nitrogens with zero attached hydrogens (tertiary/aromatic N) is 2. The molecule has 2 aromatic heterocycles. The Morgan fingerprint density at radius 3 is 2.72 bits per heavy atom. The van der Waals surface area contributed by atoms with Crippen LogP contribution >= 0.6 is 11.6 Å². The summed E-state index contributed by atoms with van der Waals surface area (Å²) in [7, 11) is 1.59. The van der Waals surface area contributed by atoms with Gasteiger partial charge < -0.3 is 9.47 Å². The number of ether oxygens (including phenoxy) is 2. The van der Waals surface area contributed by atoms with Crippen LogP contribution in [0, 0.1) is 0 Å². The van der Waals surface area contributed by atoms with E-state index >= 15 is 0 Å². The van der Waals surface area contributed by atoms with Gasteiger partial charge in [0, 0.05) is 30.1 Å². The molecule has 3 heterocycles. The first-order valence-corrected chi connectivity index (χ1v) is 11.3. The van der Waals surface area contributed by atoms with Crippen molar-refractivity contribution in [2.45, 2.75) is 75.2 Å². The Kier molecular flexibility index (Phi) is 6.41. The first kappa shape index (κ1) is 20.6. The Morgan fingerprint density at radius 2 is 2.00 bits per heavy atom. The van der Waals surface area contributed by atoms with E-state index in [1.807, 2.05) is 24.5 Å². The van der Waals surface area contributed by atoms with Crippen molar-refractivity contribution in [3.8, 4) is 5.88 Å². The molecule has 2 fully saturated rings. The van der Waals surface area contributed by atoms with Crippen LogP contribution in [-0.2, 0) is 16.6 Å². The Balaban J connectivity index is 1.43. The van der Waals surface area contributed by atoms with Crippen molar-refractivity contribution in [2.24, 2.45) is 0 Å². The van der Waals surface area contributed by atoms with Gasteiger partial charge in [-0.2, -0.15) is 0 Å². The van der Waals surface area contributed by atoms with E-state index in [4.69, 9.17) is 26.1 Å². The molecule has 0 amide bonds. The summed E-state index contributed by atoms with van der Waals surface area (Å²) in [6, 6.07) is 8.35. The molecule has 1 aliphatic heterocycles. The Labute approximate surface area is 179 Å². The lowest BCUT2D eigenvalue weighted by Crippen LogP contribution is -2.46. The number of methoxy groups -OCH3 is 1.